The molecule has 0 saturated carbocycles. The number of hydrogen-bond donors (Lipinski definition) is 1. The zero-order valence-corrected chi connectivity index (χ0v) is 10.3. The van der Waals surface area contributed by atoms with E-state index in [-0.39, 0.29) is 17.1 Å². The lowest BCUT2D eigenvalue weighted by Crippen LogP contribution is -2.23. The first-order valence-electron chi connectivity index (χ1n) is 4.92. The van der Waals surface area contributed by atoms with Crippen molar-refractivity contribution in [2.75, 3.05) is 19.4 Å². The van der Waals surface area contributed by atoms with Gasteiger partial charge in [0.05, 0.1) is 13.0 Å². The molecule has 0 bridgehead atoms. The third-order valence-corrected chi connectivity index (χ3v) is 4.02. The summed E-state index contributed by atoms with van der Waals surface area (Å²) in [5.74, 6) is 1.33. The van der Waals surface area contributed by atoms with Gasteiger partial charge in [-0.05, 0) is 18.2 Å². The van der Waals surface area contributed by atoms with E-state index in [0.29, 0.717) is 12.5 Å². The highest BCUT2D eigenvalue weighted by Crippen LogP contribution is 2.22. The Morgan fingerprint density at radius 1 is 1.43 bits per heavy atom. The molecule has 0 aromatic carbocycles. The van der Waals surface area contributed by atoms with Gasteiger partial charge < -0.3 is 10.5 Å². The smallest absolute Gasteiger partial charge is 0.309 e. The van der Waals surface area contributed by atoms with E-state index < -0.39 is 0 Å². The molecular weight excluding hydrogens is 198 g/mol. The number of nitrogens with two attached hydrogens (primary N) is 1. The van der Waals surface area contributed by atoms with E-state index in [2.05, 4.69) is 18.6 Å². The average molecular weight is 219 g/mol. The molecule has 0 aliphatic heterocycles. The van der Waals surface area contributed by atoms with Crippen molar-refractivity contribution < 1.29 is 9.53 Å². The molecular formula is C10H21NO2S. The molecule has 2 N–H and O–H groups in total. The molecule has 0 aromatic rings. The van der Waals surface area contributed by atoms with E-state index in [0.717, 1.165) is 5.75 Å². The third-order valence-electron chi connectivity index (χ3n) is 2.32. The Labute approximate surface area is 90.8 Å². The van der Waals surface area contributed by atoms with Crippen LogP contribution >= 0.6 is 11.8 Å². The second-order valence-electron chi connectivity index (χ2n) is 3.69. The largest absolute Gasteiger partial charge is 0.469 e. The average Bonchev–Trinajstić information content (AvgIpc) is 2.22. The number of thioether (sulfide) groups is 1. The molecule has 0 spiro atoms. The van der Waals surface area contributed by atoms with E-state index in [9.17, 15) is 4.79 Å². The minimum absolute atomic E-state index is 0.0463. The topological polar surface area (TPSA) is 52.3 Å². The third kappa shape index (κ3) is 4.86. The summed E-state index contributed by atoms with van der Waals surface area (Å²) in [5.41, 5.74) is 5.52. The number of hydrogen-bond acceptors (Lipinski definition) is 4. The molecule has 84 valence electrons. The van der Waals surface area contributed by atoms with Crippen LogP contribution in [-0.4, -0.2) is 30.6 Å². The quantitative estimate of drug-likeness (QED) is 0.688. The van der Waals surface area contributed by atoms with E-state index in [4.69, 9.17) is 5.73 Å². The highest BCUT2D eigenvalue weighted by atomic mass is 32.2. The van der Waals surface area contributed by atoms with Crippen molar-refractivity contribution in [3.63, 3.8) is 0 Å². The molecule has 3 nitrogen and oxygen atoms in total. The van der Waals surface area contributed by atoms with Crippen LogP contribution in [-0.2, 0) is 9.53 Å². The molecule has 4 heteroatoms. The summed E-state index contributed by atoms with van der Waals surface area (Å²) >= 11 is 1.78. The minimum atomic E-state index is -0.134. The van der Waals surface area contributed by atoms with E-state index in [1.165, 1.54) is 7.11 Å². The predicted octanol–water partition coefficient (Wildman–Crippen LogP) is 1.51. The van der Waals surface area contributed by atoms with Crippen molar-refractivity contribution >= 4 is 17.7 Å². The second kappa shape index (κ2) is 7.12. The van der Waals surface area contributed by atoms with Crippen LogP contribution in [0.15, 0.2) is 0 Å². The lowest BCUT2D eigenvalue weighted by molar-refractivity contribution is -0.144. The summed E-state index contributed by atoms with van der Waals surface area (Å²) < 4.78 is 4.69. The van der Waals surface area contributed by atoms with E-state index in [1.54, 1.807) is 11.8 Å². The Hall–Kier alpha value is -0.220. The molecule has 0 amide bonds. The summed E-state index contributed by atoms with van der Waals surface area (Å²) in [5, 5.41) is 0.288. The Bertz CT molecular complexity index is 176. The summed E-state index contributed by atoms with van der Waals surface area (Å²) in [7, 11) is 1.43. The Kier molecular flexibility index (Phi) is 7.01. The molecule has 0 fully saturated rings. The number of ether oxygens (including phenoxy) is 1. The SMILES string of the molecule is COC(=O)C(C)C(C)SCC(C)CN. The van der Waals surface area contributed by atoms with Gasteiger partial charge >= 0.3 is 5.97 Å². The molecule has 14 heavy (non-hydrogen) atoms. The van der Waals surface area contributed by atoms with Crippen molar-refractivity contribution in [2.45, 2.75) is 26.0 Å². The lowest BCUT2D eigenvalue weighted by atomic mass is 10.1. The van der Waals surface area contributed by atoms with E-state index >= 15 is 0 Å². The van der Waals surface area contributed by atoms with Crippen LogP contribution in [0.5, 0.6) is 0 Å². The summed E-state index contributed by atoms with van der Waals surface area (Å²) in [6.07, 6.45) is 0. The number of rotatable bonds is 6. The van der Waals surface area contributed by atoms with Crippen molar-refractivity contribution in [2.24, 2.45) is 17.6 Å². The fourth-order valence-electron chi connectivity index (χ4n) is 0.906. The van der Waals surface area contributed by atoms with Gasteiger partial charge in [0.25, 0.3) is 0 Å². The highest BCUT2D eigenvalue weighted by molar-refractivity contribution is 7.99. The van der Waals surface area contributed by atoms with Crippen molar-refractivity contribution in [1.82, 2.24) is 0 Å². The van der Waals surface area contributed by atoms with Crippen molar-refractivity contribution in [1.29, 1.82) is 0 Å². The maximum atomic E-state index is 11.2. The van der Waals surface area contributed by atoms with Crippen LogP contribution in [0.25, 0.3) is 0 Å². The molecule has 0 saturated heterocycles. The van der Waals surface area contributed by atoms with Gasteiger partial charge in [-0.3, -0.25) is 4.79 Å². The first kappa shape index (κ1) is 13.8. The monoisotopic (exact) mass is 219 g/mol. The van der Waals surface area contributed by atoms with Gasteiger partial charge in [0.2, 0.25) is 0 Å². The van der Waals surface area contributed by atoms with Gasteiger partial charge in [-0.25, -0.2) is 0 Å². The molecule has 0 aliphatic carbocycles. The Balaban J connectivity index is 3.83. The summed E-state index contributed by atoms with van der Waals surface area (Å²) in [4.78, 5) is 11.2. The maximum absolute atomic E-state index is 11.2. The normalized spacial score (nSPS) is 17.2. The molecule has 0 aliphatic rings. The molecule has 0 radical (unpaired) electrons. The molecule has 3 unspecified atom stereocenters. The van der Waals surface area contributed by atoms with Gasteiger partial charge in [-0.15, -0.1) is 0 Å². The molecule has 3 atom stereocenters. The van der Waals surface area contributed by atoms with Crippen LogP contribution in [0.1, 0.15) is 20.8 Å². The van der Waals surface area contributed by atoms with Gasteiger partial charge in [-0.1, -0.05) is 20.8 Å². The molecule has 0 aromatic heterocycles. The van der Waals surface area contributed by atoms with Crippen LogP contribution in [0.3, 0.4) is 0 Å². The van der Waals surface area contributed by atoms with Gasteiger partial charge in [0.1, 0.15) is 0 Å². The van der Waals surface area contributed by atoms with Crippen LogP contribution in [0.2, 0.25) is 0 Å². The fraction of sp³-hybridized carbons (Fsp3) is 0.900. The molecule has 0 rings (SSSR count). The number of carbonyl (C=O) groups is 1. The number of carbonyl (C=O) groups excluding carboxylic acids is 1. The standard InChI is InChI=1S/C10H21NO2S/c1-7(5-11)6-14-9(3)8(2)10(12)13-4/h7-9H,5-6,11H2,1-4H3. The van der Waals surface area contributed by atoms with Crippen LogP contribution < -0.4 is 5.73 Å². The van der Waals surface area contributed by atoms with Crippen LogP contribution in [0, 0.1) is 11.8 Å². The van der Waals surface area contributed by atoms with Gasteiger partial charge in [0.15, 0.2) is 0 Å². The maximum Gasteiger partial charge on any atom is 0.309 e. The zero-order chi connectivity index (χ0) is 11.1. The van der Waals surface area contributed by atoms with Gasteiger partial charge in [-0.2, -0.15) is 11.8 Å². The highest BCUT2D eigenvalue weighted by Gasteiger charge is 2.21. The van der Waals surface area contributed by atoms with E-state index in [1.807, 2.05) is 6.92 Å². The Morgan fingerprint density at radius 3 is 2.43 bits per heavy atom. The number of methoxy groups -OCH3 is 1. The van der Waals surface area contributed by atoms with Gasteiger partial charge in [0, 0.05) is 5.25 Å². The first-order chi connectivity index (χ1) is 6.52. The number of esters is 1. The van der Waals surface area contributed by atoms with Crippen molar-refractivity contribution in [3.8, 4) is 0 Å². The van der Waals surface area contributed by atoms with Crippen molar-refractivity contribution in [3.05, 3.63) is 0 Å². The summed E-state index contributed by atoms with van der Waals surface area (Å²) in [6, 6.07) is 0. The minimum Gasteiger partial charge on any atom is -0.469 e. The second-order valence-corrected chi connectivity index (χ2v) is 5.10. The summed E-state index contributed by atoms with van der Waals surface area (Å²) in [6.45, 7) is 6.76. The lowest BCUT2D eigenvalue weighted by Gasteiger charge is -2.18. The molecule has 0 heterocycles. The fourth-order valence-corrected chi connectivity index (χ4v) is 2.07. The zero-order valence-electron chi connectivity index (χ0n) is 9.45. The predicted molar refractivity (Wildman–Crippen MR) is 61.3 cm³/mol. The Morgan fingerprint density at radius 2 is 2.00 bits per heavy atom. The van der Waals surface area contributed by atoms with Crippen LogP contribution in [0.4, 0.5) is 0 Å². The first-order valence-corrected chi connectivity index (χ1v) is 5.97.